The maximum Gasteiger partial charge on any atom is 0.224 e. The van der Waals surface area contributed by atoms with E-state index in [4.69, 9.17) is 4.74 Å². The van der Waals surface area contributed by atoms with Crippen LogP contribution in [-0.4, -0.2) is 29.3 Å². The number of benzene rings is 2. The molecule has 0 radical (unpaired) electrons. The molecule has 1 N–H and O–H groups in total. The van der Waals surface area contributed by atoms with Crippen molar-refractivity contribution in [1.82, 2.24) is 15.1 Å². The van der Waals surface area contributed by atoms with Crippen LogP contribution in [0, 0.1) is 6.92 Å². The van der Waals surface area contributed by atoms with Crippen LogP contribution in [-0.2, 0) is 17.6 Å². The first-order chi connectivity index (χ1) is 13.2. The van der Waals surface area contributed by atoms with E-state index in [1.165, 1.54) is 5.56 Å². The maximum atomic E-state index is 12.2. The highest BCUT2D eigenvalue weighted by Crippen LogP contribution is 2.17. The molecule has 5 nitrogen and oxygen atoms in total. The van der Waals surface area contributed by atoms with Crippen molar-refractivity contribution in [3.63, 3.8) is 0 Å². The quantitative estimate of drug-likeness (QED) is 0.624. The number of nitrogens with one attached hydrogen (secondary N) is 1. The molecular weight excluding hydrogens is 338 g/mol. The number of hydrogen-bond acceptors (Lipinski definition) is 3. The van der Waals surface area contributed by atoms with Crippen molar-refractivity contribution >= 4 is 5.91 Å². The lowest BCUT2D eigenvalue weighted by Gasteiger charge is -2.08. The lowest BCUT2D eigenvalue weighted by Crippen LogP contribution is -2.26. The summed E-state index contributed by atoms with van der Waals surface area (Å²) in [6.07, 6.45) is 4.16. The Morgan fingerprint density at radius 3 is 2.59 bits per heavy atom. The number of methoxy groups -OCH3 is 1. The Labute approximate surface area is 160 Å². The van der Waals surface area contributed by atoms with Crippen molar-refractivity contribution in [1.29, 1.82) is 0 Å². The molecule has 1 aromatic heterocycles. The molecule has 0 saturated carbocycles. The van der Waals surface area contributed by atoms with Gasteiger partial charge in [-0.3, -0.25) is 4.79 Å². The van der Waals surface area contributed by atoms with Gasteiger partial charge in [0, 0.05) is 18.3 Å². The highest BCUT2D eigenvalue weighted by atomic mass is 16.5. The van der Waals surface area contributed by atoms with Crippen LogP contribution in [0.25, 0.3) is 5.69 Å². The molecule has 2 aromatic carbocycles. The third kappa shape index (κ3) is 4.97. The van der Waals surface area contributed by atoms with E-state index in [9.17, 15) is 4.79 Å². The van der Waals surface area contributed by atoms with Gasteiger partial charge in [0.25, 0.3) is 0 Å². The molecule has 0 aliphatic rings. The molecular formula is C22H25N3O2. The lowest BCUT2D eigenvalue weighted by atomic mass is 10.1. The largest absolute Gasteiger partial charge is 0.496 e. The second-order valence-corrected chi connectivity index (χ2v) is 6.46. The molecule has 3 rings (SSSR count). The van der Waals surface area contributed by atoms with Crippen LogP contribution in [0.5, 0.6) is 5.75 Å². The summed E-state index contributed by atoms with van der Waals surface area (Å²) in [5, 5.41) is 7.57. The average Bonchev–Trinajstić information content (AvgIpc) is 3.07. The zero-order chi connectivity index (χ0) is 19.1. The van der Waals surface area contributed by atoms with Crippen LogP contribution >= 0.6 is 0 Å². The Morgan fingerprint density at radius 1 is 1.07 bits per heavy atom. The molecule has 27 heavy (non-hydrogen) atoms. The van der Waals surface area contributed by atoms with Crippen molar-refractivity contribution < 1.29 is 9.53 Å². The fourth-order valence-corrected chi connectivity index (χ4v) is 3.05. The summed E-state index contributed by atoms with van der Waals surface area (Å²) in [5.41, 5.74) is 4.19. The van der Waals surface area contributed by atoms with E-state index in [0.717, 1.165) is 35.5 Å². The van der Waals surface area contributed by atoms with Crippen molar-refractivity contribution in [3.8, 4) is 11.4 Å². The summed E-state index contributed by atoms with van der Waals surface area (Å²) in [4.78, 5) is 12.2. The normalized spacial score (nSPS) is 10.6. The van der Waals surface area contributed by atoms with E-state index in [1.54, 1.807) is 7.11 Å². The van der Waals surface area contributed by atoms with Gasteiger partial charge in [-0.25, -0.2) is 4.68 Å². The number of aryl methyl sites for hydroxylation is 2. The van der Waals surface area contributed by atoms with E-state index in [-0.39, 0.29) is 5.91 Å². The number of rotatable bonds is 8. The van der Waals surface area contributed by atoms with Crippen LogP contribution in [0.15, 0.2) is 60.8 Å². The molecule has 5 heteroatoms. The molecule has 0 aliphatic heterocycles. The number of nitrogens with zero attached hydrogens (tertiary/aromatic N) is 2. The number of carbonyl (C=O) groups is 1. The van der Waals surface area contributed by atoms with Gasteiger partial charge in [0.2, 0.25) is 5.91 Å². The van der Waals surface area contributed by atoms with Gasteiger partial charge in [-0.1, -0.05) is 36.4 Å². The van der Waals surface area contributed by atoms with Crippen LogP contribution in [0.2, 0.25) is 0 Å². The molecule has 0 unspecified atom stereocenters. The fourth-order valence-electron chi connectivity index (χ4n) is 3.05. The van der Waals surface area contributed by atoms with Crippen molar-refractivity contribution in [2.45, 2.75) is 26.2 Å². The van der Waals surface area contributed by atoms with Crippen molar-refractivity contribution in [3.05, 3.63) is 77.6 Å². The van der Waals surface area contributed by atoms with E-state index in [1.807, 2.05) is 66.2 Å². The molecule has 0 saturated heterocycles. The molecule has 1 amide bonds. The molecule has 0 atom stereocenters. The predicted molar refractivity (Wildman–Crippen MR) is 106 cm³/mol. The Bertz CT molecular complexity index is 888. The standard InChI is InChI=1S/C22H25N3O2/c1-17-19(16-25(24-17)20-11-4-3-5-12-20)10-8-14-23-22(26)15-18-9-6-7-13-21(18)27-2/h3-7,9,11-13,16H,8,10,14-15H2,1-2H3,(H,23,26). The fraction of sp³-hybridized carbons (Fsp3) is 0.273. The highest BCUT2D eigenvalue weighted by molar-refractivity contribution is 5.79. The minimum atomic E-state index is 0.0104. The molecule has 3 aromatic rings. The van der Waals surface area contributed by atoms with Crippen LogP contribution in [0.3, 0.4) is 0 Å². The summed E-state index contributed by atoms with van der Waals surface area (Å²) in [7, 11) is 1.62. The Kier molecular flexibility index (Phi) is 6.26. The second-order valence-electron chi connectivity index (χ2n) is 6.46. The Balaban J connectivity index is 1.48. The number of para-hydroxylation sites is 2. The summed E-state index contributed by atoms with van der Waals surface area (Å²) in [6.45, 7) is 2.67. The van der Waals surface area contributed by atoms with E-state index >= 15 is 0 Å². The van der Waals surface area contributed by atoms with E-state index < -0.39 is 0 Å². The number of hydrogen-bond donors (Lipinski definition) is 1. The zero-order valence-electron chi connectivity index (χ0n) is 15.8. The topological polar surface area (TPSA) is 56.1 Å². The number of carbonyl (C=O) groups excluding carboxylic acids is 1. The van der Waals surface area contributed by atoms with Crippen LogP contribution in [0.4, 0.5) is 0 Å². The minimum Gasteiger partial charge on any atom is -0.496 e. The van der Waals surface area contributed by atoms with Gasteiger partial charge in [0.15, 0.2) is 0 Å². The molecule has 140 valence electrons. The molecule has 1 heterocycles. The number of ether oxygens (including phenoxy) is 1. The first-order valence-electron chi connectivity index (χ1n) is 9.16. The SMILES string of the molecule is COc1ccccc1CC(=O)NCCCc1cn(-c2ccccc2)nc1C. The van der Waals surface area contributed by atoms with Gasteiger partial charge < -0.3 is 10.1 Å². The lowest BCUT2D eigenvalue weighted by molar-refractivity contribution is -0.120. The van der Waals surface area contributed by atoms with Crippen LogP contribution < -0.4 is 10.1 Å². The number of aromatic nitrogens is 2. The maximum absolute atomic E-state index is 12.2. The van der Waals surface area contributed by atoms with Gasteiger partial charge in [-0.2, -0.15) is 5.10 Å². The third-order valence-electron chi connectivity index (χ3n) is 4.51. The monoisotopic (exact) mass is 363 g/mol. The first kappa shape index (κ1) is 18.7. The van der Waals surface area contributed by atoms with Gasteiger partial charge >= 0.3 is 0 Å². The van der Waals surface area contributed by atoms with E-state index in [0.29, 0.717) is 13.0 Å². The molecule has 0 bridgehead atoms. The van der Waals surface area contributed by atoms with E-state index in [2.05, 4.69) is 16.6 Å². The molecule has 0 aliphatic carbocycles. The first-order valence-corrected chi connectivity index (χ1v) is 9.16. The average molecular weight is 363 g/mol. The summed E-state index contributed by atoms with van der Waals surface area (Å²) < 4.78 is 7.20. The molecule has 0 fully saturated rings. The van der Waals surface area contributed by atoms with Gasteiger partial charge in [-0.15, -0.1) is 0 Å². The van der Waals surface area contributed by atoms with Gasteiger partial charge in [0.05, 0.1) is 24.9 Å². The second kappa shape index (κ2) is 9.03. The van der Waals surface area contributed by atoms with Gasteiger partial charge in [-0.05, 0) is 43.5 Å². The summed E-state index contributed by atoms with van der Waals surface area (Å²) in [5.74, 6) is 0.757. The van der Waals surface area contributed by atoms with Crippen LogP contribution in [0.1, 0.15) is 23.2 Å². The third-order valence-corrected chi connectivity index (χ3v) is 4.51. The highest BCUT2D eigenvalue weighted by Gasteiger charge is 2.09. The Hall–Kier alpha value is -3.08. The summed E-state index contributed by atoms with van der Waals surface area (Å²) >= 11 is 0. The summed E-state index contributed by atoms with van der Waals surface area (Å²) in [6, 6.07) is 17.7. The molecule has 0 spiro atoms. The smallest absolute Gasteiger partial charge is 0.224 e. The minimum absolute atomic E-state index is 0.0104. The number of amides is 1. The zero-order valence-corrected chi connectivity index (χ0v) is 15.8. The van der Waals surface area contributed by atoms with Gasteiger partial charge in [0.1, 0.15) is 5.75 Å². The van der Waals surface area contributed by atoms with Crippen molar-refractivity contribution in [2.75, 3.05) is 13.7 Å². The Morgan fingerprint density at radius 2 is 1.81 bits per heavy atom. The predicted octanol–water partition coefficient (Wildman–Crippen LogP) is 3.48. The van der Waals surface area contributed by atoms with Crippen molar-refractivity contribution in [2.24, 2.45) is 0 Å².